The van der Waals surface area contributed by atoms with Crippen molar-refractivity contribution >= 4 is 11.6 Å². The Labute approximate surface area is 135 Å². The molecule has 0 fully saturated rings. The van der Waals surface area contributed by atoms with E-state index in [0.29, 0.717) is 11.3 Å². The molecule has 124 valence electrons. The zero-order chi connectivity index (χ0) is 17.2. The second-order valence-electron chi connectivity index (χ2n) is 5.35. The highest BCUT2D eigenvalue weighted by molar-refractivity contribution is 5.78. The third-order valence-corrected chi connectivity index (χ3v) is 3.50. The maximum absolute atomic E-state index is 12.7. The van der Waals surface area contributed by atoms with E-state index in [4.69, 9.17) is 0 Å². The second kappa shape index (κ2) is 6.35. The van der Waals surface area contributed by atoms with Crippen LogP contribution in [0.1, 0.15) is 16.8 Å². The number of hydrogen-bond acceptors (Lipinski definition) is 2. The fourth-order valence-electron chi connectivity index (χ4n) is 2.33. The number of rotatable bonds is 4. The summed E-state index contributed by atoms with van der Waals surface area (Å²) in [5.41, 5.74) is 1.04. The molecule has 0 aliphatic carbocycles. The summed E-state index contributed by atoms with van der Waals surface area (Å²) in [6, 6.07) is 11.6. The van der Waals surface area contributed by atoms with E-state index < -0.39 is 11.7 Å². The van der Waals surface area contributed by atoms with Gasteiger partial charge in [0, 0.05) is 12.4 Å². The molecule has 0 spiro atoms. The minimum atomic E-state index is -4.40. The Bertz CT molecular complexity index is 856. The van der Waals surface area contributed by atoms with Gasteiger partial charge in [0.25, 0.3) is 0 Å². The van der Waals surface area contributed by atoms with E-state index in [1.807, 2.05) is 30.3 Å². The number of fused-ring (bicyclic) bond motifs is 1. The topological polar surface area (TPSA) is 46.4 Å². The minimum Gasteiger partial charge on any atom is -0.350 e. The number of pyridine rings is 1. The number of aromatic nitrogens is 2. The Balaban J connectivity index is 1.66. The molecule has 1 aromatic carbocycles. The highest BCUT2D eigenvalue weighted by Gasteiger charge is 2.30. The zero-order valence-corrected chi connectivity index (χ0v) is 12.5. The number of nitrogens with zero attached hydrogens (tertiary/aromatic N) is 2. The maximum Gasteiger partial charge on any atom is 0.417 e. The molecule has 3 rings (SSSR count). The SMILES string of the molecule is O=C(Cc1ccccc1)NCc1cn2cc(C(F)(F)F)ccc2n1. The summed E-state index contributed by atoms with van der Waals surface area (Å²) in [5.74, 6) is -0.172. The van der Waals surface area contributed by atoms with E-state index in [1.54, 1.807) is 0 Å². The molecular formula is C17H14F3N3O. The number of hydrogen-bond donors (Lipinski definition) is 1. The van der Waals surface area contributed by atoms with Crippen LogP contribution in [0.3, 0.4) is 0 Å². The summed E-state index contributed by atoms with van der Waals surface area (Å²) in [5, 5.41) is 2.72. The summed E-state index contributed by atoms with van der Waals surface area (Å²) < 4.78 is 39.4. The fraction of sp³-hybridized carbons (Fsp3) is 0.176. The molecular weight excluding hydrogens is 319 g/mol. The second-order valence-corrected chi connectivity index (χ2v) is 5.35. The van der Waals surface area contributed by atoms with Crippen molar-refractivity contribution in [2.24, 2.45) is 0 Å². The van der Waals surface area contributed by atoms with E-state index in [9.17, 15) is 18.0 Å². The van der Waals surface area contributed by atoms with Gasteiger partial charge in [-0.25, -0.2) is 4.98 Å². The van der Waals surface area contributed by atoms with Crippen LogP contribution in [0.5, 0.6) is 0 Å². The first-order valence-corrected chi connectivity index (χ1v) is 7.27. The van der Waals surface area contributed by atoms with Gasteiger partial charge in [-0.15, -0.1) is 0 Å². The molecule has 0 radical (unpaired) electrons. The number of imidazole rings is 1. The smallest absolute Gasteiger partial charge is 0.350 e. The molecule has 2 aromatic heterocycles. The Morgan fingerprint density at radius 1 is 1.08 bits per heavy atom. The van der Waals surface area contributed by atoms with E-state index in [2.05, 4.69) is 10.3 Å². The standard InChI is InChI=1S/C17H14F3N3O/c18-17(19,20)13-6-7-15-22-14(11-23(15)10-13)9-21-16(24)8-12-4-2-1-3-5-12/h1-7,10-11H,8-9H2,(H,21,24). The van der Waals surface area contributed by atoms with Gasteiger partial charge in [-0.05, 0) is 17.7 Å². The molecule has 2 heterocycles. The summed E-state index contributed by atoms with van der Waals surface area (Å²) in [7, 11) is 0. The molecule has 4 nitrogen and oxygen atoms in total. The number of alkyl halides is 3. The molecule has 0 atom stereocenters. The van der Waals surface area contributed by atoms with Crippen LogP contribution < -0.4 is 5.32 Å². The van der Waals surface area contributed by atoms with Gasteiger partial charge in [0.1, 0.15) is 5.65 Å². The van der Waals surface area contributed by atoms with Gasteiger partial charge < -0.3 is 9.72 Å². The highest BCUT2D eigenvalue weighted by Crippen LogP contribution is 2.29. The van der Waals surface area contributed by atoms with Gasteiger partial charge >= 0.3 is 6.18 Å². The van der Waals surface area contributed by atoms with E-state index in [1.165, 1.54) is 16.7 Å². The van der Waals surface area contributed by atoms with Crippen LogP contribution in [0.2, 0.25) is 0 Å². The van der Waals surface area contributed by atoms with Gasteiger partial charge in [-0.1, -0.05) is 30.3 Å². The molecule has 1 N–H and O–H groups in total. The summed E-state index contributed by atoms with van der Waals surface area (Å²) >= 11 is 0. The summed E-state index contributed by atoms with van der Waals surface area (Å²) in [6.07, 6.45) is -1.69. The van der Waals surface area contributed by atoms with Crippen LogP contribution >= 0.6 is 0 Å². The maximum atomic E-state index is 12.7. The minimum absolute atomic E-state index is 0.161. The third kappa shape index (κ3) is 3.73. The molecule has 0 saturated heterocycles. The average Bonchev–Trinajstić information content (AvgIpc) is 2.95. The molecule has 1 amide bonds. The lowest BCUT2D eigenvalue weighted by Crippen LogP contribution is -2.24. The van der Waals surface area contributed by atoms with Gasteiger partial charge in [-0.3, -0.25) is 4.79 Å². The molecule has 24 heavy (non-hydrogen) atoms. The summed E-state index contributed by atoms with van der Waals surface area (Å²) in [6.45, 7) is 0.161. The zero-order valence-electron chi connectivity index (χ0n) is 12.5. The molecule has 0 saturated carbocycles. The third-order valence-electron chi connectivity index (χ3n) is 3.50. The van der Waals surface area contributed by atoms with Crippen LogP contribution in [0.15, 0.2) is 54.9 Å². The van der Waals surface area contributed by atoms with E-state index in [0.717, 1.165) is 17.8 Å². The van der Waals surface area contributed by atoms with Crippen molar-refractivity contribution in [1.29, 1.82) is 0 Å². The quantitative estimate of drug-likeness (QED) is 0.797. The molecule has 0 unspecified atom stereocenters. The lowest BCUT2D eigenvalue weighted by molar-refractivity contribution is -0.137. The Morgan fingerprint density at radius 3 is 2.54 bits per heavy atom. The Kier molecular flexibility index (Phi) is 4.24. The highest BCUT2D eigenvalue weighted by atomic mass is 19.4. The molecule has 0 bridgehead atoms. The Morgan fingerprint density at radius 2 is 1.83 bits per heavy atom. The van der Waals surface area contributed by atoms with Crippen molar-refractivity contribution in [3.8, 4) is 0 Å². The average molecular weight is 333 g/mol. The number of halogens is 3. The molecule has 0 aliphatic heterocycles. The van der Waals surface area contributed by atoms with Gasteiger partial charge in [0.2, 0.25) is 5.91 Å². The van der Waals surface area contributed by atoms with Crippen molar-refractivity contribution in [3.05, 3.63) is 71.7 Å². The molecule has 7 heteroatoms. The van der Waals surface area contributed by atoms with Crippen molar-refractivity contribution in [3.63, 3.8) is 0 Å². The van der Waals surface area contributed by atoms with Gasteiger partial charge in [0.05, 0.1) is 24.2 Å². The number of carbonyl (C=O) groups is 1. The number of benzene rings is 1. The monoisotopic (exact) mass is 333 g/mol. The predicted molar refractivity (Wildman–Crippen MR) is 82.2 cm³/mol. The first kappa shape index (κ1) is 16.0. The van der Waals surface area contributed by atoms with Crippen molar-refractivity contribution in [1.82, 2.24) is 14.7 Å². The molecule has 0 aliphatic rings. The first-order valence-electron chi connectivity index (χ1n) is 7.27. The summed E-state index contributed by atoms with van der Waals surface area (Å²) in [4.78, 5) is 16.1. The van der Waals surface area contributed by atoms with E-state index >= 15 is 0 Å². The van der Waals surface area contributed by atoms with Crippen molar-refractivity contribution in [2.75, 3.05) is 0 Å². The molecule has 3 aromatic rings. The van der Waals surface area contributed by atoms with E-state index in [-0.39, 0.29) is 18.9 Å². The van der Waals surface area contributed by atoms with Gasteiger partial charge in [0.15, 0.2) is 0 Å². The van der Waals surface area contributed by atoms with Crippen LogP contribution in [0, 0.1) is 0 Å². The number of amides is 1. The largest absolute Gasteiger partial charge is 0.417 e. The van der Waals surface area contributed by atoms with Crippen molar-refractivity contribution < 1.29 is 18.0 Å². The van der Waals surface area contributed by atoms with Crippen molar-refractivity contribution in [2.45, 2.75) is 19.1 Å². The predicted octanol–water partition coefficient (Wildman–Crippen LogP) is 3.21. The fourth-order valence-corrected chi connectivity index (χ4v) is 2.33. The lowest BCUT2D eigenvalue weighted by atomic mass is 10.1. The number of nitrogens with one attached hydrogen (secondary N) is 1. The van der Waals surface area contributed by atoms with Crippen LogP contribution in [0.4, 0.5) is 13.2 Å². The lowest BCUT2D eigenvalue weighted by Gasteiger charge is -2.05. The van der Waals surface area contributed by atoms with Crippen LogP contribution in [0.25, 0.3) is 5.65 Å². The van der Waals surface area contributed by atoms with Crippen LogP contribution in [-0.4, -0.2) is 15.3 Å². The first-order chi connectivity index (χ1) is 11.4. The Hall–Kier alpha value is -2.83. The normalized spacial score (nSPS) is 11.6. The van der Waals surface area contributed by atoms with Crippen LogP contribution in [-0.2, 0) is 23.9 Å². The number of carbonyl (C=O) groups excluding carboxylic acids is 1. The van der Waals surface area contributed by atoms with Gasteiger partial charge in [-0.2, -0.15) is 13.2 Å².